The second-order valence-corrected chi connectivity index (χ2v) is 7.98. The molecule has 0 bridgehead atoms. The summed E-state index contributed by atoms with van der Waals surface area (Å²) < 4.78 is 10.8. The molecule has 3 rings (SSSR count). The molecule has 1 aromatic carbocycles. The van der Waals surface area contributed by atoms with Gasteiger partial charge in [0.15, 0.2) is 6.10 Å². The minimum atomic E-state index is -1.22. The van der Waals surface area contributed by atoms with Crippen molar-refractivity contribution in [2.75, 3.05) is 33.7 Å². The van der Waals surface area contributed by atoms with Gasteiger partial charge in [0.1, 0.15) is 12.5 Å². The van der Waals surface area contributed by atoms with Crippen molar-refractivity contribution in [2.45, 2.75) is 38.0 Å². The summed E-state index contributed by atoms with van der Waals surface area (Å²) in [4.78, 5) is 53.4. The molecule has 10 heteroatoms. The third-order valence-corrected chi connectivity index (χ3v) is 6.30. The first-order valence-corrected chi connectivity index (χ1v) is 10.7. The van der Waals surface area contributed by atoms with Crippen LogP contribution >= 0.6 is 0 Å². The Labute approximate surface area is 187 Å². The van der Waals surface area contributed by atoms with E-state index >= 15 is 0 Å². The van der Waals surface area contributed by atoms with Gasteiger partial charge in [-0.05, 0) is 25.3 Å². The molecule has 2 heterocycles. The van der Waals surface area contributed by atoms with Crippen molar-refractivity contribution in [3.63, 3.8) is 0 Å². The number of ether oxygens (including phenoxy) is 2. The van der Waals surface area contributed by atoms with E-state index in [1.807, 2.05) is 30.3 Å². The van der Waals surface area contributed by atoms with Crippen molar-refractivity contribution < 1.29 is 28.7 Å². The Bertz CT molecular complexity index is 853. The van der Waals surface area contributed by atoms with Crippen LogP contribution in [0.15, 0.2) is 30.3 Å². The van der Waals surface area contributed by atoms with E-state index in [9.17, 15) is 19.2 Å². The lowest BCUT2D eigenvalue weighted by Gasteiger charge is -2.45. The molecule has 2 fully saturated rings. The summed E-state index contributed by atoms with van der Waals surface area (Å²) >= 11 is 0. The first-order valence-electron chi connectivity index (χ1n) is 10.7. The molecule has 2 atom stereocenters. The zero-order valence-electron chi connectivity index (χ0n) is 18.6. The average Bonchev–Trinajstić information content (AvgIpc) is 3.00. The number of carbonyl (C=O) groups excluding carboxylic acids is 4. The second kappa shape index (κ2) is 9.88. The molecule has 1 aromatic rings. The summed E-state index contributed by atoms with van der Waals surface area (Å²) in [5.74, 6) is -1.68. The SMILES string of the molecule is CCNC(=O)O[C@H]1C(=O)N(C)C2(CCN(C(=O)OCc3ccccc3)CC2)[C@@H]1C(=O)NC. The Morgan fingerprint density at radius 1 is 1.16 bits per heavy atom. The van der Waals surface area contributed by atoms with Crippen molar-refractivity contribution in [3.8, 4) is 0 Å². The molecular formula is C22H30N4O6. The molecule has 174 valence electrons. The topological polar surface area (TPSA) is 117 Å². The Morgan fingerprint density at radius 3 is 2.41 bits per heavy atom. The monoisotopic (exact) mass is 446 g/mol. The highest BCUT2D eigenvalue weighted by atomic mass is 16.6. The smallest absolute Gasteiger partial charge is 0.410 e. The first-order chi connectivity index (χ1) is 15.3. The molecule has 2 saturated heterocycles. The molecule has 1 spiro atoms. The molecule has 2 N–H and O–H groups in total. The molecule has 10 nitrogen and oxygen atoms in total. The van der Waals surface area contributed by atoms with Gasteiger partial charge >= 0.3 is 12.2 Å². The highest BCUT2D eigenvalue weighted by Gasteiger charge is 2.62. The third-order valence-electron chi connectivity index (χ3n) is 6.30. The van der Waals surface area contributed by atoms with E-state index < -0.39 is 35.7 Å². The molecule has 0 aliphatic carbocycles. The van der Waals surface area contributed by atoms with Crippen LogP contribution in [0, 0.1) is 5.92 Å². The van der Waals surface area contributed by atoms with Crippen molar-refractivity contribution >= 4 is 24.0 Å². The van der Waals surface area contributed by atoms with Crippen LogP contribution in [-0.2, 0) is 25.7 Å². The van der Waals surface area contributed by atoms with Crippen LogP contribution in [0.4, 0.5) is 9.59 Å². The van der Waals surface area contributed by atoms with E-state index in [0.29, 0.717) is 32.5 Å². The summed E-state index contributed by atoms with van der Waals surface area (Å²) in [6.07, 6.45) is -1.68. The molecule has 4 amide bonds. The molecule has 2 aliphatic rings. The van der Waals surface area contributed by atoms with Gasteiger partial charge in [0.2, 0.25) is 5.91 Å². The maximum absolute atomic E-state index is 13.0. The summed E-state index contributed by atoms with van der Waals surface area (Å²) in [7, 11) is 3.10. The number of amides is 4. The zero-order valence-corrected chi connectivity index (χ0v) is 18.6. The third kappa shape index (κ3) is 4.49. The number of nitrogens with zero attached hydrogens (tertiary/aromatic N) is 2. The van der Waals surface area contributed by atoms with Crippen LogP contribution < -0.4 is 10.6 Å². The van der Waals surface area contributed by atoms with Crippen LogP contribution in [0.5, 0.6) is 0 Å². The summed E-state index contributed by atoms with van der Waals surface area (Å²) in [6.45, 7) is 2.86. The quantitative estimate of drug-likeness (QED) is 0.700. The Hall–Kier alpha value is -3.30. The Kier molecular flexibility index (Phi) is 7.22. The number of likely N-dealkylation sites (tertiary alicyclic amines) is 2. The normalized spacial score (nSPS) is 21.9. The molecule has 2 aliphatic heterocycles. The first kappa shape index (κ1) is 23.4. The number of piperidine rings is 1. The number of nitrogens with one attached hydrogen (secondary N) is 2. The van der Waals surface area contributed by atoms with Gasteiger partial charge in [0.25, 0.3) is 5.91 Å². The van der Waals surface area contributed by atoms with Gasteiger partial charge in [-0.3, -0.25) is 9.59 Å². The van der Waals surface area contributed by atoms with Gasteiger partial charge < -0.3 is 29.9 Å². The summed E-state index contributed by atoms with van der Waals surface area (Å²) in [5.41, 5.74) is 0.0327. The predicted octanol–water partition coefficient (Wildman–Crippen LogP) is 1.11. The van der Waals surface area contributed by atoms with Crippen molar-refractivity contribution in [1.29, 1.82) is 0 Å². The molecule has 0 saturated carbocycles. The highest BCUT2D eigenvalue weighted by molar-refractivity contribution is 5.96. The van der Waals surface area contributed by atoms with E-state index in [1.165, 1.54) is 11.9 Å². The van der Waals surface area contributed by atoms with Crippen LogP contribution in [-0.4, -0.2) is 79.2 Å². The van der Waals surface area contributed by atoms with Gasteiger partial charge in [-0.15, -0.1) is 0 Å². The molecule has 0 radical (unpaired) electrons. The number of rotatable bonds is 5. The van der Waals surface area contributed by atoms with Gasteiger partial charge in [0.05, 0.1) is 5.54 Å². The van der Waals surface area contributed by atoms with Crippen molar-refractivity contribution in [2.24, 2.45) is 5.92 Å². The minimum Gasteiger partial charge on any atom is -0.445 e. The fourth-order valence-electron chi connectivity index (χ4n) is 4.53. The number of hydrogen-bond acceptors (Lipinski definition) is 6. The minimum absolute atomic E-state index is 0.170. The van der Waals surface area contributed by atoms with Crippen molar-refractivity contribution in [1.82, 2.24) is 20.4 Å². The lowest BCUT2D eigenvalue weighted by molar-refractivity contribution is -0.137. The van der Waals surface area contributed by atoms with Gasteiger partial charge in [-0.1, -0.05) is 30.3 Å². The maximum Gasteiger partial charge on any atom is 0.410 e. The van der Waals surface area contributed by atoms with Gasteiger partial charge in [-0.25, -0.2) is 9.59 Å². The predicted molar refractivity (Wildman–Crippen MR) is 114 cm³/mol. The average molecular weight is 447 g/mol. The molecular weight excluding hydrogens is 416 g/mol. The van der Waals surface area contributed by atoms with Crippen LogP contribution in [0.3, 0.4) is 0 Å². The molecule has 0 unspecified atom stereocenters. The fraction of sp³-hybridized carbons (Fsp3) is 0.545. The lowest BCUT2D eigenvalue weighted by Crippen LogP contribution is -2.58. The van der Waals surface area contributed by atoms with Crippen LogP contribution in [0.25, 0.3) is 0 Å². The lowest BCUT2D eigenvalue weighted by atomic mass is 9.75. The maximum atomic E-state index is 13.0. The number of carbonyl (C=O) groups is 4. The molecule has 0 aromatic heterocycles. The van der Waals surface area contributed by atoms with E-state index in [0.717, 1.165) is 5.56 Å². The van der Waals surface area contributed by atoms with Crippen LogP contribution in [0.1, 0.15) is 25.3 Å². The number of alkyl carbamates (subject to hydrolysis) is 1. The standard InChI is InChI=1S/C22H30N4O6/c1-4-24-20(29)32-17-16(18(27)23-2)22(25(3)19(17)28)10-12-26(13-11-22)21(30)31-14-15-8-6-5-7-9-15/h5-9,16-17H,4,10-14H2,1-3H3,(H,23,27)(H,24,29)/t16-,17+/m0/s1. The van der Waals surface area contributed by atoms with Gasteiger partial charge in [-0.2, -0.15) is 0 Å². The second-order valence-electron chi connectivity index (χ2n) is 7.98. The summed E-state index contributed by atoms with van der Waals surface area (Å²) in [6, 6.07) is 9.39. The van der Waals surface area contributed by atoms with Gasteiger partial charge in [0, 0.05) is 33.7 Å². The van der Waals surface area contributed by atoms with E-state index in [4.69, 9.17) is 9.47 Å². The largest absolute Gasteiger partial charge is 0.445 e. The van der Waals surface area contributed by atoms with Crippen molar-refractivity contribution in [3.05, 3.63) is 35.9 Å². The molecule has 32 heavy (non-hydrogen) atoms. The zero-order chi connectivity index (χ0) is 23.3. The Morgan fingerprint density at radius 2 is 1.81 bits per heavy atom. The van der Waals surface area contributed by atoms with E-state index in [2.05, 4.69) is 10.6 Å². The number of likely N-dealkylation sites (N-methyl/N-ethyl adjacent to an activating group) is 1. The number of benzene rings is 1. The number of hydrogen-bond donors (Lipinski definition) is 2. The summed E-state index contributed by atoms with van der Waals surface area (Å²) in [5, 5.41) is 5.09. The van der Waals surface area contributed by atoms with E-state index in [1.54, 1.807) is 18.9 Å². The Balaban J connectivity index is 1.70. The van der Waals surface area contributed by atoms with Crippen LogP contribution in [0.2, 0.25) is 0 Å². The fourth-order valence-corrected chi connectivity index (χ4v) is 4.53. The highest BCUT2D eigenvalue weighted by Crippen LogP contribution is 2.44. The van der Waals surface area contributed by atoms with E-state index in [-0.39, 0.29) is 12.5 Å².